The molecule has 1 amide bonds. The van der Waals surface area contributed by atoms with Gasteiger partial charge in [0.05, 0.1) is 25.0 Å². The van der Waals surface area contributed by atoms with E-state index in [1.807, 2.05) is 44.2 Å². The van der Waals surface area contributed by atoms with Crippen LogP contribution in [0.5, 0.6) is 11.5 Å². The minimum Gasteiger partial charge on any atom is -0.496 e. The first-order valence-corrected chi connectivity index (χ1v) is 7.34. The van der Waals surface area contributed by atoms with Crippen molar-refractivity contribution < 1.29 is 14.3 Å². The summed E-state index contributed by atoms with van der Waals surface area (Å²) in [5.74, 6) is 0.897. The maximum atomic E-state index is 12.3. The van der Waals surface area contributed by atoms with E-state index < -0.39 is 0 Å². The van der Waals surface area contributed by atoms with Gasteiger partial charge in [0.25, 0.3) is 5.91 Å². The third-order valence-corrected chi connectivity index (χ3v) is 3.00. The molecular weight excluding hydrogens is 292 g/mol. The van der Waals surface area contributed by atoms with E-state index in [0.29, 0.717) is 17.1 Å². The van der Waals surface area contributed by atoms with Gasteiger partial charge in [-0.2, -0.15) is 5.10 Å². The fraction of sp³-hybridized carbons (Fsp3) is 0.222. The van der Waals surface area contributed by atoms with E-state index in [9.17, 15) is 4.79 Å². The number of nitrogens with zero attached hydrogens (tertiary/aromatic N) is 1. The van der Waals surface area contributed by atoms with Crippen molar-refractivity contribution in [1.82, 2.24) is 5.43 Å². The van der Waals surface area contributed by atoms with E-state index in [4.69, 9.17) is 9.47 Å². The Morgan fingerprint density at radius 2 is 1.74 bits per heavy atom. The molecule has 0 spiro atoms. The van der Waals surface area contributed by atoms with E-state index in [-0.39, 0.29) is 12.0 Å². The second-order valence-electron chi connectivity index (χ2n) is 5.10. The molecule has 1 N–H and O–H groups in total. The maximum absolute atomic E-state index is 12.3. The highest BCUT2D eigenvalue weighted by Crippen LogP contribution is 2.19. The van der Waals surface area contributed by atoms with Gasteiger partial charge in [-0.3, -0.25) is 4.79 Å². The van der Waals surface area contributed by atoms with Crippen molar-refractivity contribution in [2.45, 2.75) is 20.0 Å². The minimum atomic E-state index is -0.326. The van der Waals surface area contributed by atoms with Crippen LogP contribution in [0.3, 0.4) is 0 Å². The molecule has 0 atom stereocenters. The third kappa shape index (κ3) is 4.57. The van der Waals surface area contributed by atoms with Gasteiger partial charge in [-0.25, -0.2) is 5.43 Å². The van der Waals surface area contributed by atoms with E-state index in [1.54, 1.807) is 31.5 Å². The average molecular weight is 312 g/mol. The monoisotopic (exact) mass is 312 g/mol. The quantitative estimate of drug-likeness (QED) is 0.658. The zero-order chi connectivity index (χ0) is 16.7. The Kier molecular flexibility index (Phi) is 5.74. The molecule has 2 rings (SSSR count). The van der Waals surface area contributed by atoms with Gasteiger partial charge in [0.2, 0.25) is 0 Å². The first-order valence-electron chi connectivity index (χ1n) is 7.34. The normalized spacial score (nSPS) is 10.8. The Bertz CT molecular complexity index is 696. The van der Waals surface area contributed by atoms with Crippen LogP contribution < -0.4 is 14.9 Å². The predicted octanol–water partition coefficient (Wildman–Crippen LogP) is 3.25. The summed E-state index contributed by atoms with van der Waals surface area (Å²) in [6.07, 6.45) is 1.53. The van der Waals surface area contributed by atoms with Crippen LogP contribution in [0.15, 0.2) is 53.6 Å². The van der Waals surface area contributed by atoms with Gasteiger partial charge in [0, 0.05) is 5.56 Å². The number of carbonyl (C=O) groups excluding carboxylic acids is 1. The number of methoxy groups -OCH3 is 1. The number of hydrazone groups is 1. The second-order valence-corrected chi connectivity index (χ2v) is 5.10. The zero-order valence-corrected chi connectivity index (χ0v) is 13.4. The molecule has 0 radical (unpaired) electrons. The van der Waals surface area contributed by atoms with Gasteiger partial charge in [-0.1, -0.05) is 24.3 Å². The van der Waals surface area contributed by atoms with Crippen molar-refractivity contribution in [1.29, 1.82) is 0 Å². The Hall–Kier alpha value is -2.82. The Balaban J connectivity index is 2.09. The lowest BCUT2D eigenvalue weighted by atomic mass is 10.2. The molecule has 0 saturated heterocycles. The molecule has 0 saturated carbocycles. The summed E-state index contributed by atoms with van der Waals surface area (Å²) in [4.78, 5) is 12.3. The maximum Gasteiger partial charge on any atom is 0.275 e. The molecule has 0 heterocycles. The number of hydrogen-bond donors (Lipinski definition) is 1. The fourth-order valence-electron chi connectivity index (χ4n) is 2.00. The van der Waals surface area contributed by atoms with Crippen LogP contribution in [-0.2, 0) is 0 Å². The van der Waals surface area contributed by atoms with E-state index in [1.165, 1.54) is 0 Å². The summed E-state index contributed by atoms with van der Waals surface area (Å²) < 4.78 is 10.9. The Labute approximate surface area is 135 Å². The summed E-state index contributed by atoms with van der Waals surface area (Å²) in [5, 5.41) is 3.99. The predicted molar refractivity (Wildman–Crippen MR) is 90.3 cm³/mol. The van der Waals surface area contributed by atoms with Crippen LogP contribution in [0.4, 0.5) is 0 Å². The lowest BCUT2D eigenvalue weighted by Crippen LogP contribution is -2.19. The van der Waals surface area contributed by atoms with Gasteiger partial charge in [-0.05, 0) is 38.1 Å². The summed E-state index contributed by atoms with van der Waals surface area (Å²) in [6, 6.07) is 14.5. The number of carbonyl (C=O) groups is 1. The van der Waals surface area contributed by atoms with Crippen molar-refractivity contribution >= 4 is 12.1 Å². The molecule has 0 unspecified atom stereocenters. The number of benzene rings is 2. The van der Waals surface area contributed by atoms with Crippen molar-refractivity contribution in [3.63, 3.8) is 0 Å². The van der Waals surface area contributed by atoms with Gasteiger partial charge in [-0.15, -0.1) is 0 Å². The SMILES string of the molecule is COc1ccccc1C=NNC(=O)c1ccccc1OC(C)C. The third-order valence-electron chi connectivity index (χ3n) is 3.00. The van der Waals surface area contributed by atoms with Crippen molar-refractivity contribution in [3.05, 3.63) is 59.7 Å². The molecule has 5 heteroatoms. The smallest absolute Gasteiger partial charge is 0.275 e. The van der Waals surface area contributed by atoms with Crippen LogP contribution in [0.25, 0.3) is 0 Å². The molecule has 5 nitrogen and oxygen atoms in total. The first-order chi connectivity index (χ1) is 11.1. The second kappa shape index (κ2) is 7.98. The molecule has 2 aromatic carbocycles. The van der Waals surface area contributed by atoms with Crippen molar-refractivity contribution in [2.24, 2.45) is 5.10 Å². The number of hydrogen-bond acceptors (Lipinski definition) is 4. The number of rotatable bonds is 6. The van der Waals surface area contributed by atoms with Crippen LogP contribution in [0, 0.1) is 0 Å². The van der Waals surface area contributed by atoms with Gasteiger partial charge in [0.15, 0.2) is 0 Å². The molecule has 0 aliphatic carbocycles. The molecule has 0 fully saturated rings. The molecule has 0 bridgehead atoms. The van der Waals surface area contributed by atoms with Gasteiger partial charge < -0.3 is 9.47 Å². The molecule has 2 aromatic rings. The molecule has 0 aliphatic heterocycles. The Morgan fingerprint density at radius 3 is 2.43 bits per heavy atom. The highest BCUT2D eigenvalue weighted by Gasteiger charge is 2.12. The highest BCUT2D eigenvalue weighted by atomic mass is 16.5. The average Bonchev–Trinajstić information content (AvgIpc) is 2.55. The van der Waals surface area contributed by atoms with Crippen molar-refractivity contribution in [3.8, 4) is 11.5 Å². The van der Waals surface area contributed by atoms with E-state index >= 15 is 0 Å². The number of ether oxygens (including phenoxy) is 2. The molecule has 120 valence electrons. The lowest BCUT2D eigenvalue weighted by molar-refractivity contribution is 0.0949. The summed E-state index contributed by atoms with van der Waals surface area (Å²) in [7, 11) is 1.59. The van der Waals surface area contributed by atoms with E-state index in [0.717, 1.165) is 5.56 Å². The van der Waals surface area contributed by atoms with Crippen LogP contribution >= 0.6 is 0 Å². The van der Waals surface area contributed by atoms with Gasteiger partial charge >= 0.3 is 0 Å². The van der Waals surface area contributed by atoms with Crippen LogP contribution in [-0.4, -0.2) is 25.3 Å². The fourth-order valence-corrected chi connectivity index (χ4v) is 2.00. The number of nitrogens with one attached hydrogen (secondary N) is 1. The largest absolute Gasteiger partial charge is 0.496 e. The molecular formula is C18H20N2O3. The van der Waals surface area contributed by atoms with E-state index in [2.05, 4.69) is 10.5 Å². The molecule has 23 heavy (non-hydrogen) atoms. The number of amides is 1. The molecule has 0 aliphatic rings. The first kappa shape index (κ1) is 16.5. The summed E-state index contributed by atoms with van der Waals surface area (Å²) in [6.45, 7) is 3.82. The lowest BCUT2D eigenvalue weighted by Gasteiger charge is -2.12. The summed E-state index contributed by atoms with van der Waals surface area (Å²) >= 11 is 0. The highest BCUT2D eigenvalue weighted by molar-refractivity contribution is 5.97. The summed E-state index contributed by atoms with van der Waals surface area (Å²) in [5.41, 5.74) is 3.73. The van der Waals surface area contributed by atoms with Gasteiger partial charge in [0.1, 0.15) is 11.5 Å². The topological polar surface area (TPSA) is 59.9 Å². The van der Waals surface area contributed by atoms with Crippen molar-refractivity contribution in [2.75, 3.05) is 7.11 Å². The standard InChI is InChI=1S/C18H20N2O3/c1-13(2)23-17-11-7-5-9-15(17)18(21)20-19-12-14-8-4-6-10-16(14)22-3/h4-13H,1-3H3,(H,20,21). The van der Waals surface area contributed by atoms with Crippen LogP contribution in [0.2, 0.25) is 0 Å². The zero-order valence-electron chi connectivity index (χ0n) is 13.4. The minimum absolute atomic E-state index is 0.0129. The number of para-hydroxylation sites is 2. The van der Waals surface area contributed by atoms with Crippen LogP contribution in [0.1, 0.15) is 29.8 Å². The Morgan fingerprint density at radius 1 is 1.09 bits per heavy atom. The molecule has 0 aromatic heterocycles.